The number of benzene rings is 1. The molecule has 2 fully saturated rings. The van der Waals surface area contributed by atoms with Gasteiger partial charge in [0.15, 0.2) is 5.11 Å². The molecule has 0 bridgehead atoms. The molecule has 1 N–H and O–H groups in total. The minimum absolute atomic E-state index is 0.328. The number of thiocarbonyl (C=S) groups is 1. The number of halogens is 1. The van der Waals surface area contributed by atoms with Crippen molar-refractivity contribution in [1.82, 2.24) is 9.80 Å². The molecule has 2 heterocycles. The third-order valence-corrected chi connectivity index (χ3v) is 5.85. The van der Waals surface area contributed by atoms with Crippen molar-refractivity contribution in [2.45, 2.75) is 57.8 Å². The summed E-state index contributed by atoms with van der Waals surface area (Å²) in [6, 6.07) is 8.25. The fraction of sp³-hybridized carbons (Fsp3) is 0.650. The predicted octanol–water partition coefficient (Wildman–Crippen LogP) is 4.39. The van der Waals surface area contributed by atoms with Gasteiger partial charge in [-0.15, -0.1) is 0 Å². The van der Waals surface area contributed by atoms with Gasteiger partial charge in [-0.3, -0.25) is 4.90 Å². The first-order valence-corrected chi connectivity index (χ1v) is 10.5. The van der Waals surface area contributed by atoms with Crippen LogP contribution in [0.1, 0.15) is 39.5 Å². The summed E-state index contributed by atoms with van der Waals surface area (Å²) in [6.45, 7) is 8.55. The molecule has 0 radical (unpaired) electrons. The molecule has 1 aromatic carbocycles. The Kier molecular flexibility index (Phi) is 7.15. The van der Waals surface area contributed by atoms with Gasteiger partial charge in [-0.25, -0.2) is 0 Å². The number of hydrogen-bond donors (Lipinski definition) is 1. The third kappa shape index (κ3) is 5.56. The van der Waals surface area contributed by atoms with Gasteiger partial charge in [0.05, 0.1) is 12.2 Å². The first kappa shape index (κ1) is 19.9. The van der Waals surface area contributed by atoms with Crippen LogP contribution in [0.2, 0.25) is 5.02 Å². The zero-order chi connectivity index (χ0) is 18.5. The third-order valence-electron chi connectivity index (χ3n) is 5.26. The molecule has 4 nitrogen and oxygen atoms in total. The van der Waals surface area contributed by atoms with Crippen LogP contribution in [0.4, 0.5) is 5.69 Å². The molecule has 0 spiro atoms. The second-order valence-electron chi connectivity index (χ2n) is 7.59. The molecule has 3 unspecified atom stereocenters. The van der Waals surface area contributed by atoms with Gasteiger partial charge >= 0.3 is 0 Å². The summed E-state index contributed by atoms with van der Waals surface area (Å²) < 4.78 is 5.85. The molecule has 0 saturated carbocycles. The van der Waals surface area contributed by atoms with Crippen LogP contribution < -0.4 is 5.32 Å². The van der Waals surface area contributed by atoms with Crippen molar-refractivity contribution in [1.29, 1.82) is 0 Å². The fourth-order valence-corrected chi connectivity index (χ4v) is 4.58. The van der Waals surface area contributed by atoms with E-state index in [1.54, 1.807) is 0 Å². The topological polar surface area (TPSA) is 27.7 Å². The number of rotatable bonds is 4. The predicted molar refractivity (Wildman–Crippen MR) is 113 cm³/mol. The van der Waals surface area contributed by atoms with E-state index in [9.17, 15) is 0 Å². The maximum absolute atomic E-state index is 5.97. The molecule has 144 valence electrons. The summed E-state index contributed by atoms with van der Waals surface area (Å²) in [7, 11) is 0. The Hall–Kier alpha value is -0.880. The standard InChI is InChI=1S/C20H30ClN3OS/c1-15-13-23(14-16(2)25-15)12-10-19-5-3-4-11-24(19)20(26)22-18-8-6-17(21)7-9-18/h6-9,15-16,19H,3-5,10-14H2,1-2H3,(H,22,26). The normalized spacial score (nSPS) is 27.3. The van der Waals surface area contributed by atoms with E-state index >= 15 is 0 Å². The number of hydrogen-bond acceptors (Lipinski definition) is 3. The summed E-state index contributed by atoms with van der Waals surface area (Å²) in [5.41, 5.74) is 1.000. The number of ether oxygens (including phenoxy) is 1. The zero-order valence-electron chi connectivity index (χ0n) is 15.8. The van der Waals surface area contributed by atoms with E-state index in [4.69, 9.17) is 28.6 Å². The molecule has 0 aliphatic carbocycles. The maximum atomic E-state index is 5.97. The largest absolute Gasteiger partial charge is 0.373 e. The van der Waals surface area contributed by atoms with Crippen molar-refractivity contribution < 1.29 is 4.74 Å². The molecule has 1 aromatic rings. The van der Waals surface area contributed by atoms with Gasteiger partial charge in [0.1, 0.15) is 0 Å². The maximum Gasteiger partial charge on any atom is 0.173 e. The molecule has 0 aromatic heterocycles. The van der Waals surface area contributed by atoms with Crippen LogP contribution >= 0.6 is 23.8 Å². The highest BCUT2D eigenvalue weighted by Gasteiger charge is 2.27. The first-order valence-electron chi connectivity index (χ1n) is 9.72. The van der Waals surface area contributed by atoms with Crippen LogP contribution in [0.25, 0.3) is 0 Å². The smallest absolute Gasteiger partial charge is 0.173 e. The van der Waals surface area contributed by atoms with Crippen molar-refractivity contribution in [3.63, 3.8) is 0 Å². The molecule has 2 saturated heterocycles. The first-order chi connectivity index (χ1) is 12.5. The Morgan fingerprint density at radius 2 is 1.88 bits per heavy atom. The van der Waals surface area contributed by atoms with Crippen LogP contribution in [-0.4, -0.2) is 59.3 Å². The molecule has 2 aliphatic heterocycles. The Bertz CT molecular complexity index is 587. The molecule has 3 rings (SSSR count). The molecular weight excluding hydrogens is 366 g/mol. The number of nitrogens with zero attached hydrogens (tertiary/aromatic N) is 2. The molecule has 0 amide bonds. The van der Waals surface area contributed by atoms with E-state index in [2.05, 4.69) is 29.0 Å². The zero-order valence-corrected chi connectivity index (χ0v) is 17.4. The molecular formula is C20H30ClN3OS. The SMILES string of the molecule is CC1CN(CCC2CCCCN2C(=S)Nc2ccc(Cl)cc2)CC(C)O1. The minimum Gasteiger partial charge on any atom is -0.373 e. The van der Waals surface area contributed by atoms with Crippen molar-refractivity contribution in [2.24, 2.45) is 0 Å². The summed E-state index contributed by atoms with van der Waals surface area (Å²) >= 11 is 11.7. The van der Waals surface area contributed by atoms with Gasteiger partial charge in [0.2, 0.25) is 0 Å². The van der Waals surface area contributed by atoms with E-state index in [0.29, 0.717) is 18.2 Å². The second-order valence-corrected chi connectivity index (χ2v) is 8.41. The van der Waals surface area contributed by atoms with Crippen molar-refractivity contribution in [3.05, 3.63) is 29.3 Å². The van der Waals surface area contributed by atoms with E-state index < -0.39 is 0 Å². The van der Waals surface area contributed by atoms with Gasteiger partial charge in [-0.05, 0) is 76.0 Å². The van der Waals surface area contributed by atoms with Crippen LogP contribution in [0.3, 0.4) is 0 Å². The molecule has 3 atom stereocenters. The van der Waals surface area contributed by atoms with Crippen molar-refractivity contribution in [3.8, 4) is 0 Å². The van der Waals surface area contributed by atoms with Crippen LogP contribution in [0, 0.1) is 0 Å². The van der Waals surface area contributed by atoms with E-state index in [1.165, 1.54) is 19.3 Å². The highest BCUT2D eigenvalue weighted by molar-refractivity contribution is 7.80. The van der Waals surface area contributed by atoms with E-state index in [1.807, 2.05) is 24.3 Å². The summed E-state index contributed by atoms with van der Waals surface area (Å²) in [6.07, 6.45) is 5.54. The Morgan fingerprint density at radius 1 is 1.19 bits per heavy atom. The number of morpholine rings is 1. The van der Waals surface area contributed by atoms with Crippen molar-refractivity contribution >= 4 is 34.6 Å². The van der Waals surface area contributed by atoms with Gasteiger partial charge in [-0.2, -0.15) is 0 Å². The van der Waals surface area contributed by atoms with Gasteiger partial charge < -0.3 is 15.0 Å². The molecule has 6 heteroatoms. The van der Waals surface area contributed by atoms with Crippen LogP contribution in [0.5, 0.6) is 0 Å². The summed E-state index contributed by atoms with van der Waals surface area (Å²) in [5.74, 6) is 0. The highest BCUT2D eigenvalue weighted by Crippen LogP contribution is 2.23. The monoisotopic (exact) mass is 395 g/mol. The highest BCUT2D eigenvalue weighted by atomic mass is 35.5. The number of nitrogens with one attached hydrogen (secondary N) is 1. The van der Waals surface area contributed by atoms with Crippen LogP contribution in [-0.2, 0) is 4.74 Å². The number of anilines is 1. The van der Waals surface area contributed by atoms with Gasteiger partial charge in [0.25, 0.3) is 0 Å². The lowest BCUT2D eigenvalue weighted by atomic mass is 9.99. The number of likely N-dealkylation sites (tertiary alicyclic amines) is 1. The Labute approximate surface area is 167 Å². The second kappa shape index (κ2) is 9.36. The van der Waals surface area contributed by atoms with Gasteiger partial charge in [0, 0.05) is 42.9 Å². The fourth-order valence-electron chi connectivity index (χ4n) is 4.10. The number of piperidine rings is 1. The summed E-state index contributed by atoms with van der Waals surface area (Å²) in [4.78, 5) is 4.93. The van der Waals surface area contributed by atoms with E-state index in [-0.39, 0.29) is 0 Å². The van der Waals surface area contributed by atoms with E-state index in [0.717, 1.165) is 48.4 Å². The Balaban J connectivity index is 1.55. The Morgan fingerprint density at radius 3 is 2.58 bits per heavy atom. The average molecular weight is 396 g/mol. The molecule has 2 aliphatic rings. The minimum atomic E-state index is 0.328. The average Bonchev–Trinajstić information content (AvgIpc) is 2.61. The quantitative estimate of drug-likeness (QED) is 0.763. The summed E-state index contributed by atoms with van der Waals surface area (Å²) in [5, 5.41) is 4.96. The lowest BCUT2D eigenvalue weighted by Crippen LogP contribution is -2.49. The lowest BCUT2D eigenvalue weighted by molar-refractivity contribution is -0.0692. The van der Waals surface area contributed by atoms with Crippen LogP contribution in [0.15, 0.2) is 24.3 Å². The van der Waals surface area contributed by atoms with Gasteiger partial charge in [-0.1, -0.05) is 11.6 Å². The lowest BCUT2D eigenvalue weighted by Gasteiger charge is -2.40. The molecule has 26 heavy (non-hydrogen) atoms. The van der Waals surface area contributed by atoms with Crippen molar-refractivity contribution in [2.75, 3.05) is 31.5 Å².